The average molecular weight is 434 g/mol. The zero-order valence-corrected chi connectivity index (χ0v) is 19.0. The Morgan fingerprint density at radius 1 is 0.636 bits per heavy atom. The molecule has 0 saturated carbocycles. The Hall–Kier alpha value is -3.48. The first-order valence-corrected chi connectivity index (χ1v) is 11.0. The Morgan fingerprint density at radius 3 is 1.61 bits per heavy atom. The molecular weight excluding hydrogens is 409 g/mol. The smallest absolute Gasteiger partial charge is 0.395 e. The number of benzene rings is 3. The van der Waals surface area contributed by atoms with Gasteiger partial charge in [0.2, 0.25) is 5.60 Å². The van der Waals surface area contributed by atoms with E-state index in [1.54, 1.807) is 0 Å². The van der Waals surface area contributed by atoms with Crippen LogP contribution in [0.15, 0.2) is 84.9 Å². The molecule has 1 unspecified atom stereocenters. The Labute approximate surface area is 195 Å². The summed E-state index contributed by atoms with van der Waals surface area (Å²) in [5.41, 5.74) is 2.48. The van der Waals surface area contributed by atoms with Gasteiger partial charge in [0.25, 0.3) is 0 Å². The van der Waals surface area contributed by atoms with Crippen LogP contribution in [0.2, 0.25) is 0 Å². The highest BCUT2D eigenvalue weighted by Gasteiger charge is 2.57. The van der Waals surface area contributed by atoms with Gasteiger partial charge in [-0.2, -0.15) is 0 Å². The van der Waals surface area contributed by atoms with Crippen LogP contribution in [0, 0.1) is 6.92 Å². The van der Waals surface area contributed by atoms with Crippen molar-refractivity contribution in [2.45, 2.75) is 32.0 Å². The highest BCUT2D eigenvalue weighted by Crippen LogP contribution is 2.36. The second-order valence-electron chi connectivity index (χ2n) is 8.97. The highest BCUT2D eigenvalue weighted by atomic mass is 16.7. The van der Waals surface area contributed by atoms with Crippen LogP contribution in [0.4, 0.5) is 0 Å². The van der Waals surface area contributed by atoms with Gasteiger partial charge >= 0.3 is 7.12 Å². The summed E-state index contributed by atoms with van der Waals surface area (Å²) in [6.45, 7) is 10.1. The normalized spacial score (nSPS) is 19.5. The molecule has 1 saturated heterocycles. The first-order chi connectivity index (χ1) is 15.8. The van der Waals surface area contributed by atoms with Crippen molar-refractivity contribution in [1.29, 1.82) is 0 Å². The second kappa shape index (κ2) is 8.14. The lowest BCUT2D eigenvalue weighted by molar-refractivity contribution is 0.0262. The maximum absolute atomic E-state index is 6.19. The lowest BCUT2D eigenvalue weighted by atomic mass is 9.78. The standard InChI is InChI=1S/C27H25BN3O2/c1-26(2)27(3,4)33-28(32-26)22-17-11-16-21(18-22)25-30-23(19-12-7-5-8-13-19)29-24(31-25)20-14-9-6-10-15-20/h5-18H,1H2,2-4H3/q+1. The number of rotatable bonds is 4. The van der Waals surface area contributed by atoms with Crippen LogP contribution in [0.25, 0.3) is 34.2 Å². The number of aromatic nitrogens is 3. The van der Waals surface area contributed by atoms with Gasteiger partial charge in [-0.1, -0.05) is 84.9 Å². The fourth-order valence-corrected chi connectivity index (χ4v) is 3.69. The van der Waals surface area contributed by atoms with Crippen molar-refractivity contribution in [3.8, 4) is 34.2 Å². The minimum Gasteiger partial charge on any atom is -0.395 e. The maximum atomic E-state index is 6.19. The molecule has 0 N–H and O–H groups in total. The second-order valence-corrected chi connectivity index (χ2v) is 8.97. The van der Waals surface area contributed by atoms with E-state index in [-0.39, 0.29) is 0 Å². The zero-order valence-electron chi connectivity index (χ0n) is 19.0. The molecule has 5 nitrogen and oxygen atoms in total. The molecule has 2 heterocycles. The molecule has 0 amide bonds. The van der Waals surface area contributed by atoms with Gasteiger partial charge in [-0.15, -0.1) is 0 Å². The van der Waals surface area contributed by atoms with Gasteiger partial charge < -0.3 is 9.31 Å². The molecule has 3 aromatic carbocycles. The summed E-state index contributed by atoms with van der Waals surface area (Å²) >= 11 is 0. The van der Waals surface area contributed by atoms with Crippen molar-refractivity contribution >= 4 is 12.6 Å². The van der Waals surface area contributed by atoms with Crippen LogP contribution in [0.5, 0.6) is 0 Å². The molecule has 1 atom stereocenters. The van der Waals surface area contributed by atoms with Crippen molar-refractivity contribution in [2.24, 2.45) is 0 Å². The van der Waals surface area contributed by atoms with Gasteiger partial charge in [-0.3, -0.25) is 0 Å². The van der Waals surface area contributed by atoms with Crippen molar-refractivity contribution in [3.63, 3.8) is 0 Å². The Morgan fingerprint density at radius 2 is 1.12 bits per heavy atom. The van der Waals surface area contributed by atoms with Gasteiger partial charge in [0.1, 0.15) is 5.60 Å². The number of hydrogen-bond donors (Lipinski definition) is 0. The zero-order chi connectivity index (χ0) is 23.1. The third-order valence-electron chi connectivity index (χ3n) is 6.16. The Balaban J connectivity index is 1.59. The highest BCUT2D eigenvalue weighted by molar-refractivity contribution is 6.62. The summed E-state index contributed by atoms with van der Waals surface area (Å²) < 4.78 is 12.3. The van der Waals surface area contributed by atoms with Gasteiger partial charge in [-0.25, -0.2) is 15.0 Å². The molecule has 0 radical (unpaired) electrons. The van der Waals surface area contributed by atoms with Crippen LogP contribution in [0.3, 0.4) is 0 Å². The van der Waals surface area contributed by atoms with Crippen molar-refractivity contribution < 1.29 is 9.31 Å². The first kappa shape index (κ1) is 21.4. The van der Waals surface area contributed by atoms with Gasteiger partial charge in [0.15, 0.2) is 17.5 Å². The Bertz CT molecular complexity index is 1200. The third-order valence-corrected chi connectivity index (χ3v) is 6.16. The summed E-state index contributed by atoms with van der Waals surface area (Å²) in [7, 11) is -0.508. The predicted molar refractivity (Wildman–Crippen MR) is 132 cm³/mol. The van der Waals surface area contributed by atoms with Crippen LogP contribution in [-0.4, -0.2) is 33.3 Å². The Kier molecular flexibility index (Phi) is 5.27. The maximum Gasteiger partial charge on any atom is 0.498 e. The quantitative estimate of drug-likeness (QED) is 0.335. The molecule has 1 aromatic heterocycles. The molecule has 4 aromatic rings. The van der Waals surface area contributed by atoms with E-state index in [0.717, 1.165) is 22.2 Å². The van der Waals surface area contributed by atoms with Crippen LogP contribution < -0.4 is 5.46 Å². The van der Waals surface area contributed by atoms with Crippen molar-refractivity contribution in [2.75, 3.05) is 0 Å². The summed E-state index contributed by atoms with van der Waals surface area (Å²) in [4.78, 5) is 14.4. The van der Waals surface area contributed by atoms with Crippen LogP contribution in [0.1, 0.15) is 20.8 Å². The summed E-state index contributed by atoms with van der Waals surface area (Å²) in [5, 5.41) is 0. The first-order valence-electron chi connectivity index (χ1n) is 11.0. The van der Waals surface area contributed by atoms with Gasteiger partial charge in [-0.05, 0) is 19.3 Å². The van der Waals surface area contributed by atoms with E-state index in [0.29, 0.717) is 17.5 Å². The van der Waals surface area contributed by atoms with Crippen LogP contribution in [-0.2, 0) is 9.31 Å². The molecule has 33 heavy (non-hydrogen) atoms. The summed E-state index contributed by atoms with van der Waals surface area (Å²) in [6.07, 6.45) is 0. The van der Waals surface area contributed by atoms with Crippen molar-refractivity contribution in [1.82, 2.24) is 15.0 Å². The SMILES string of the molecule is [CH2+]C1(C)OB(c2cccc(-c3nc(-c4ccccc4)nc(-c4ccccc4)n3)c2)OC1(C)C. The number of nitrogens with zero attached hydrogens (tertiary/aromatic N) is 3. The lowest BCUT2D eigenvalue weighted by Gasteiger charge is -2.25. The molecule has 5 rings (SSSR count). The lowest BCUT2D eigenvalue weighted by Crippen LogP contribution is -2.42. The van der Waals surface area contributed by atoms with E-state index in [2.05, 4.69) is 6.92 Å². The van der Waals surface area contributed by atoms with Gasteiger partial charge in [0, 0.05) is 23.6 Å². The minimum atomic E-state index is -0.651. The average Bonchev–Trinajstić information content (AvgIpc) is 3.07. The monoisotopic (exact) mass is 434 g/mol. The van der Waals surface area contributed by atoms with Crippen LogP contribution >= 0.6 is 0 Å². The fourth-order valence-electron chi connectivity index (χ4n) is 3.69. The van der Waals surface area contributed by atoms with E-state index in [9.17, 15) is 0 Å². The predicted octanol–water partition coefficient (Wildman–Crippen LogP) is 4.99. The molecule has 6 heteroatoms. The largest absolute Gasteiger partial charge is 0.498 e. The molecule has 1 fully saturated rings. The van der Waals surface area contributed by atoms with E-state index < -0.39 is 18.3 Å². The van der Waals surface area contributed by atoms with Crippen molar-refractivity contribution in [3.05, 3.63) is 91.9 Å². The molecular formula is C27H25BN3O2+. The molecule has 162 valence electrons. The fraction of sp³-hybridized carbons (Fsp3) is 0.185. The third kappa shape index (κ3) is 4.15. The molecule has 1 aliphatic heterocycles. The molecule has 0 spiro atoms. The molecule has 1 aliphatic rings. The topological polar surface area (TPSA) is 57.1 Å². The molecule has 0 bridgehead atoms. The van der Waals surface area contributed by atoms with E-state index in [4.69, 9.17) is 24.3 Å². The molecule has 0 aliphatic carbocycles. The summed E-state index contributed by atoms with van der Waals surface area (Å²) in [6, 6.07) is 27.9. The van der Waals surface area contributed by atoms with E-state index >= 15 is 0 Å². The van der Waals surface area contributed by atoms with E-state index in [1.165, 1.54) is 0 Å². The van der Waals surface area contributed by atoms with E-state index in [1.807, 2.05) is 106 Å². The summed E-state index contributed by atoms with van der Waals surface area (Å²) in [5.74, 6) is 1.86. The van der Waals surface area contributed by atoms with Gasteiger partial charge in [0.05, 0.1) is 6.92 Å². The number of hydrogen-bond acceptors (Lipinski definition) is 5. The minimum absolute atomic E-state index is 0.508.